The van der Waals surface area contributed by atoms with Crippen LogP contribution in [-0.4, -0.2) is 47.8 Å². The minimum absolute atomic E-state index is 0. The molecule has 0 bridgehead atoms. The first kappa shape index (κ1) is 17.2. The summed E-state index contributed by atoms with van der Waals surface area (Å²) in [5, 5.41) is 9.92. The van der Waals surface area contributed by atoms with E-state index in [0.29, 0.717) is 17.4 Å². The quantitative estimate of drug-likeness (QED) is 0.776. The highest BCUT2D eigenvalue weighted by Crippen LogP contribution is 2.24. The summed E-state index contributed by atoms with van der Waals surface area (Å²) in [7, 11) is 2.04. The summed E-state index contributed by atoms with van der Waals surface area (Å²) in [6.07, 6.45) is 0. The van der Waals surface area contributed by atoms with Crippen LogP contribution in [0.2, 0.25) is 0 Å². The number of halogens is 1. The molecule has 1 aromatic heterocycles. The Morgan fingerprint density at radius 2 is 2.35 bits per heavy atom. The third-order valence-electron chi connectivity index (χ3n) is 3.63. The fourth-order valence-electron chi connectivity index (χ4n) is 2.45. The Balaban J connectivity index is 0.00000192. The normalized spacial score (nSPS) is 18.2. The molecule has 0 radical (unpaired) electrons. The first-order valence-corrected chi connectivity index (χ1v) is 7.05. The number of urea groups is 1. The molecule has 0 aliphatic carbocycles. The highest BCUT2D eigenvalue weighted by atomic mass is 35.5. The van der Waals surface area contributed by atoms with Gasteiger partial charge in [0.05, 0.1) is 6.04 Å². The van der Waals surface area contributed by atoms with Crippen molar-refractivity contribution in [2.45, 2.75) is 6.04 Å². The number of carbonyl (C=O) groups excluding carboxylic acids is 1. The van der Waals surface area contributed by atoms with Gasteiger partial charge in [-0.2, -0.15) is 4.98 Å². The van der Waals surface area contributed by atoms with Crippen LogP contribution in [0, 0.1) is 0 Å². The van der Waals surface area contributed by atoms with Crippen molar-refractivity contribution in [2.24, 2.45) is 5.73 Å². The first-order valence-electron chi connectivity index (χ1n) is 7.05. The summed E-state index contributed by atoms with van der Waals surface area (Å²) in [5.74, 6) is 1.07. The van der Waals surface area contributed by atoms with Crippen LogP contribution in [0.3, 0.4) is 0 Å². The van der Waals surface area contributed by atoms with E-state index in [9.17, 15) is 4.79 Å². The fourth-order valence-corrected chi connectivity index (χ4v) is 2.45. The summed E-state index contributed by atoms with van der Waals surface area (Å²) in [4.78, 5) is 17.6. The van der Waals surface area contributed by atoms with Crippen molar-refractivity contribution in [3.05, 3.63) is 30.1 Å². The van der Waals surface area contributed by atoms with Gasteiger partial charge in [-0.25, -0.2) is 4.79 Å². The number of nitrogens with zero attached hydrogens (tertiary/aromatic N) is 3. The Hall–Kier alpha value is -2.16. The minimum Gasteiger partial charge on any atom is -0.351 e. The summed E-state index contributed by atoms with van der Waals surface area (Å²) in [6, 6.07) is 6.59. The number of rotatable bonds is 3. The zero-order valence-electron chi connectivity index (χ0n) is 12.7. The van der Waals surface area contributed by atoms with Gasteiger partial charge in [-0.3, -0.25) is 4.90 Å². The number of hydrogen-bond donors (Lipinski definition) is 3. The predicted octanol–water partition coefficient (Wildman–Crippen LogP) is 1.23. The van der Waals surface area contributed by atoms with Crippen molar-refractivity contribution in [3.8, 4) is 11.5 Å². The summed E-state index contributed by atoms with van der Waals surface area (Å²) in [6.45, 7) is 2.68. The fraction of sp³-hybridized carbons (Fsp3) is 0.357. The monoisotopic (exact) mass is 338 g/mol. The molecule has 2 aromatic rings. The van der Waals surface area contributed by atoms with Crippen LogP contribution in [0.5, 0.6) is 0 Å². The van der Waals surface area contributed by atoms with E-state index < -0.39 is 6.03 Å². The van der Waals surface area contributed by atoms with Crippen molar-refractivity contribution in [2.75, 3.05) is 32.0 Å². The number of anilines is 1. The molecule has 0 spiro atoms. The summed E-state index contributed by atoms with van der Waals surface area (Å²) >= 11 is 0. The maximum Gasteiger partial charge on any atom is 0.316 e. The zero-order valence-corrected chi connectivity index (χ0v) is 13.5. The number of benzene rings is 1. The molecule has 1 fully saturated rings. The Morgan fingerprint density at radius 1 is 1.52 bits per heavy atom. The topological polar surface area (TPSA) is 109 Å². The maximum absolute atomic E-state index is 10.9. The molecule has 23 heavy (non-hydrogen) atoms. The molecule has 1 aliphatic heterocycles. The van der Waals surface area contributed by atoms with Gasteiger partial charge in [0.2, 0.25) is 0 Å². The predicted molar refractivity (Wildman–Crippen MR) is 88.4 cm³/mol. The number of carbonyl (C=O) groups is 1. The highest BCUT2D eigenvalue weighted by molar-refractivity contribution is 5.88. The number of hydrogen-bond acceptors (Lipinski definition) is 6. The molecule has 9 heteroatoms. The molecule has 1 aromatic carbocycles. The van der Waals surface area contributed by atoms with E-state index in [1.807, 2.05) is 13.1 Å². The second-order valence-corrected chi connectivity index (χ2v) is 5.23. The second-order valence-electron chi connectivity index (χ2n) is 5.23. The van der Waals surface area contributed by atoms with Crippen molar-refractivity contribution >= 4 is 24.1 Å². The molecule has 1 aliphatic rings. The van der Waals surface area contributed by atoms with E-state index in [1.165, 1.54) is 0 Å². The average molecular weight is 339 g/mol. The smallest absolute Gasteiger partial charge is 0.316 e. The molecule has 3 rings (SSSR count). The second kappa shape index (κ2) is 7.40. The van der Waals surface area contributed by atoms with Gasteiger partial charge in [0.25, 0.3) is 5.89 Å². The van der Waals surface area contributed by atoms with Gasteiger partial charge in [0.15, 0.2) is 5.82 Å². The first-order chi connectivity index (χ1) is 10.6. The average Bonchev–Trinajstić information content (AvgIpc) is 2.97. The molecule has 0 saturated carbocycles. The molecule has 1 unspecified atom stereocenters. The molecule has 1 atom stereocenters. The minimum atomic E-state index is -0.613. The van der Waals surface area contributed by atoms with E-state index in [2.05, 4.69) is 25.7 Å². The third kappa shape index (κ3) is 3.98. The standard InChI is InChI=1S/C14H18N6O2.ClH/c1-20-6-5-16-8-11(20)12-18-13(22-19-12)9-3-2-4-10(7-9)17-14(15)21;/h2-4,7,11,16H,5-6,8H2,1H3,(H3,15,17,21);1H. The Bertz CT molecular complexity index is 677. The number of amides is 2. The van der Waals surface area contributed by atoms with Crippen LogP contribution in [0.15, 0.2) is 28.8 Å². The zero-order chi connectivity index (χ0) is 15.5. The molecule has 1 saturated heterocycles. The third-order valence-corrected chi connectivity index (χ3v) is 3.63. The highest BCUT2D eigenvalue weighted by Gasteiger charge is 2.25. The van der Waals surface area contributed by atoms with Crippen LogP contribution in [0.25, 0.3) is 11.5 Å². The van der Waals surface area contributed by atoms with Crippen molar-refractivity contribution in [3.63, 3.8) is 0 Å². The van der Waals surface area contributed by atoms with Gasteiger partial charge < -0.3 is 20.9 Å². The van der Waals surface area contributed by atoms with Gasteiger partial charge in [0, 0.05) is 30.9 Å². The summed E-state index contributed by atoms with van der Waals surface area (Å²) in [5.41, 5.74) is 6.43. The number of aromatic nitrogens is 2. The number of piperazine rings is 1. The van der Waals surface area contributed by atoms with Crippen molar-refractivity contribution < 1.29 is 9.32 Å². The Kier molecular flexibility index (Phi) is 5.54. The number of likely N-dealkylation sites (N-methyl/N-ethyl adjacent to an activating group) is 1. The van der Waals surface area contributed by atoms with Crippen molar-refractivity contribution in [1.82, 2.24) is 20.4 Å². The molecule has 2 heterocycles. The SMILES string of the molecule is CN1CCNCC1c1noc(-c2cccc(NC(N)=O)c2)n1.Cl. The van der Waals surface area contributed by atoms with Gasteiger partial charge in [-0.1, -0.05) is 11.2 Å². The number of nitrogens with two attached hydrogens (primary N) is 1. The molecule has 2 amide bonds. The van der Waals surface area contributed by atoms with Gasteiger partial charge >= 0.3 is 6.03 Å². The van der Waals surface area contributed by atoms with Crippen LogP contribution in [0.4, 0.5) is 10.5 Å². The van der Waals surface area contributed by atoms with E-state index in [4.69, 9.17) is 10.3 Å². The van der Waals surface area contributed by atoms with Gasteiger partial charge in [0.1, 0.15) is 0 Å². The molecule has 8 nitrogen and oxygen atoms in total. The van der Waals surface area contributed by atoms with Crippen LogP contribution in [0.1, 0.15) is 11.9 Å². The summed E-state index contributed by atoms with van der Waals surface area (Å²) < 4.78 is 5.35. The number of nitrogens with one attached hydrogen (secondary N) is 2. The Labute approximate surface area is 139 Å². The van der Waals surface area contributed by atoms with Crippen LogP contribution >= 0.6 is 12.4 Å². The van der Waals surface area contributed by atoms with Gasteiger partial charge in [-0.05, 0) is 25.2 Å². The van der Waals surface area contributed by atoms with E-state index in [0.717, 1.165) is 25.2 Å². The lowest BCUT2D eigenvalue weighted by molar-refractivity contribution is 0.190. The van der Waals surface area contributed by atoms with Crippen molar-refractivity contribution in [1.29, 1.82) is 0 Å². The van der Waals surface area contributed by atoms with Crippen LogP contribution in [-0.2, 0) is 0 Å². The lowest BCUT2D eigenvalue weighted by Gasteiger charge is -2.30. The van der Waals surface area contributed by atoms with Crippen LogP contribution < -0.4 is 16.4 Å². The largest absolute Gasteiger partial charge is 0.351 e. The van der Waals surface area contributed by atoms with E-state index in [-0.39, 0.29) is 18.4 Å². The van der Waals surface area contributed by atoms with E-state index in [1.54, 1.807) is 18.2 Å². The van der Waals surface area contributed by atoms with E-state index >= 15 is 0 Å². The Morgan fingerprint density at radius 3 is 3.09 bits per heavy atom. The lowest BCUT2D eigenvalue weighted by Crippen LogP contribution is -2.44. The molecule has 124 valence electrons. The molecular formula is C14H19ClN6O2. The molecular weight excluding hydrogens is 320 g/mol. The van der Waals surface area contributed by atoms with Gasteiger partial charge in [-0.15, -0.1) is 12.4 Å². The lowest BCUT2D eigenvalue weighted by atomic mass is 10.2. The molecule has 4 N–H and O–H groups in total. The number of primary amides is 1. The maximum atomic E-state index is 10.9.